The van der Waals surface area contributed by atoms with Crippen molar-refractivity contribution in [3.8, 4) is 0 Å². The number of aromatic nitrogens is 2. The Balaban J connectivity index is 1.51. The van der Waals surface area contributed by atoms with Gasteiger partial charge in [0, 0.05) is 13.2 Å². The fourth-order valence-electron chi connectivity index (χ4n) is 3.65. The molecule has 1 fully saturated rings. The Kier molecular flexibility index (Phi) is 5.54. The summed E-state index contributed by atoms with van der Waals surface area (Å²) in [6.07, 6.45) is 6.19. The van der Waals surface area contributed by atoms with Crippen molar-refractivity contribution in [2.24, 2.45) is 0 Å². The summed E-state index contributed by atoms with van der Waals surface area (Å²) in [6, 6.07) is 10.1. The van der Waals surface area contributed by atoms with E-state index in [4.69, 9.17) is 0 Å². The number of hydrogen-bond acceptors (Lipinski definition) is 6. The van der Waals surface area contributed by atoms with E-state index in [1.807, 2.05) is 18.2 Å². The summed E-state index contributed by atoms with van der Waals surface area (Å²) in [5, 5.41) is 17.1. The quantitative estimate of drug-likeness (QED) is 0.616. The van der Waals surface area contributed by atoms with Crippen LogP contribution in [0.4, 0.5) is 5.13 Å². The molecular formula is C21H24N4O2S. The third kappa shape index (κ3) is 4.15. The first-order valence-electron chi connectivity index (χ1n) is 9.63. The number of carbonyl (C=O) groups excluding carboxylic acids is 1. The maximum absolute atomic E-state index is 11.8. The number of carbonyl (C=O) groups is 1. The Morgan fingerprint density at radius 1 is 1.21 bits per heavy atom. The molecule has 1 aliphatic carbocycles. The minimum atomic E-state index is -0.294. The molecule has 0 bridgehead atoms. The van der Waals surface area contributed by atoms with E-state index in [1.165, 1.54) is 0 Å². The number of aliphatic hydroxyl groups excluding tert-OH is 1. The number of rotatable bonds is 5. The van der Waals surface area contributed by atoms with Crippen LogP contribution in [0.3, 0.4) is 0 Å². The van der Waals surface area contributed by atoms with Crippen molar-refractivity contribution in [3.63, 3.8) is 0 Å². The van der Waals surface area contributed by atoms with Gasteiger partial charge in [-0.25, -0.2) is 4.98 Å². The SMILES string of the molecule is CNC(=O)c1cc(Cc2ccc3nc(N[C@@H]4CCCC[C@H]4O)sc3c2)ccn1. The van der Waals surface area contributed by atoms with Crippen LogP contribution < -0.4 is 10.6 Å². The zero-order valence-corrected chi connectivity index (χ0v) is 16.6. The van der Waals surface area contributed by atoms with Crippen LogP contribution in [0.15, 0.2) is 36.5 Å². The average molecular weight is 397 g/mol. The molecule has 7 heteroatoms. The summed E-state index contributed by atoms with van der Waals surface area (Å²) < 4.78 is 1.12. The molecule has 1 aliphatic rings. The van der Waals surface area contributed by atoms with Gasteiger partial charge in [-0.05, 0) is 54.7 Å². The Bertz CT molecular complexity index is 987. The van der Waals surface area contributed by atoms with E-state index < -0.39 is 0 Å². The van der Waals surface area contributed by atoms with Crippen molar-refractivity contribution in [2.45, 2.75) is 44.2 Å². The first kappa shape index (κ1) is 18.8. The molecule has 3 aromatic rings. The molecule has 3 N–H and O–H groups in total. The van der Waals surface area contributed by atoms with Gasteiger partial charge >= 0.3 is 0 Å². The maximum atomic E-state index is 11.8. The largest absolute Gasteiger partial charge is 0.391 e. The zero-order valence-electron chi connectivity index (χ0n) is 15.8. The van der Waals surface area contributed by atoms with Gasteiger partial charge in [0.15, 0.2) is 5.13 Å². The molecule has 0 aliphatic heterocycles. The summed E-state index contributed by atoms with van der Waals surface area (Å²) in [7, 11) is 1.60. The normalized spacial score (nSPS) is 19.5. The minimum absolute atomic E-state index is 0.0914. The summed E-state index contributed by atoms with van der Waals surface area (Å²) in [5.41, 5.74) is 3.59. The van der Waals surface area contributed by atoms with Crippen LogP contribution in [0.25, 0.3) is 10.2 Å². The Labute approximate surface area is 168 Å². The van der Waals surface area contributed by atoms with E-state index in [9.17, 15) is 9.90 Å². The number of nitrogens with zero attached hydrogens (tertiary/aromatic N) is 2. The monoisotopic (exact) mass is 396 g/mol. The van der Waals surface area contributed by atoms with Crippen molar-refractivity contribution >= 4 is 32.6 Å². The lowest BCUT2D eigenvalue weighted by molar-refractivity contribution is 0.0958. The predicted octanol–water partition coefficient (Wildman–Crippen LogP) is 3.36. The summed E-state index contributed by atoms with van der Waals surface area (Å²) in [6.45, 7) is 0. The van der Waals surface area contributed by atoms with Gasteiger partial charge in [0.2, 0.25) is 0 Å². The molecule has 1 saturated carbocycles. The van der Waals surface area contributed by atoms with Crippen molar-refractivity contribution in [1.29, 1.82) is 0 Å². The lowest BCUT2D eigenvalue weighted by atomic mass is 9.93. The molecule has 2 aromatic heterocycles. The minimum Gasteiger partial charge on any atom is -0.391 e. The molecule has 2 heterocycles. The van der Waals surface area contributed by atoms with Crippen molar-refractivity contribution in [2.75, 3.05) is 12.4 Å². The van der Waals surface area contributed by atoms with E-state index in [2.05, 4.69) is 32.7 Å². The third-order valence-electron chi connectivity index (χ3n) is 5.18. The molecule has 0 spiro atoms. The van der Waals surface area contributed by atoms with E-state index >= 15 is 0 Å². The zero-order chi connectivity index (χ0) is 19.5. The third-order valence-corrected chi connectivity index (χ3v) is 6.13. The topological polar surface area (TPSA) is 87.1 Å². The van der Waals surface area contributed by atoms with Crippen LogP contribution in [-0.2, 0) is 6.42 Å². The smallest absolute Gasteiger partial charge is 0.269 e. The van der Waals surface area contributed by atoms with Crippen LogP contribution in [0.5, 0.6) is 0 Å². The summed E-state index contributed by atoms with van der Waals surface area (Å²) in [5.74, 6) is -0.180. The highest BCUT2D eigenvalue weighted by atomic mass is 32.1. The summed E-state index contributed by atoms with van der Waals surface area (Å²) in [4.78, 5) is 20.6. The number of thiazole rings is 1. The Hall–Kier alpha value is -2.51. The second kappa shape index (κ2) is 8.24. The molecule has 6 nitrogen and oxygen atoms in total. The molecule has 0 radical (unpaired) electrons. The number of nitrogens with one attached hydrogen (secondary N) is 2. The number of benzene rings is 1. The second-order valence-electron chi connectivity index (χ2n) is 7.23. The highest BCUT2D eigenvalue weighted by Crippen LogP contribution is 2.30. The number of hydrogen-bond donors (Lipinski definition) is 3. The maximum Gasteiger partial charge on any atom is 0.269 e. The lowest BCUT2D eigenvalue weighted by Crippen LogP contribution is -2.36. The number of fused-ring (bicyclic) bond motifs is 1. The molecule has 0 unspecified atom stereocenters. The molecule has 2 atom stereocenters. The highest BCUT2D eigenvalue weighted by molar-refractivity contribution is 7.22. The molecule has 4 rings (SSSR count). The van der Waals surface area contributed by atoms with E-state index in [-0.39, 0.29) is 18.1 Å². The van der Waals surface area contributed by atoms with Gasteiger partial charge in [-0.1, -0.05) is 30.2 Å². The molecule has 1 aromatic carbocycles. The number of aliphatic hydroxyl groups is 1. The van der Waals surface area contributed by atoms with Gasteiger partial charge in [-0.15, -0.1) is 0 Å². The number of amides is 1. The van der Waals surface area contributed by atoms with E-state index in [0.717, 1.165) is 58.6 Å². The standard InChI is InChI=1S/C21H24N4O2S/c1-22-20(27)17-11-14(8-9-23-17)10-13-6-7-16-19(12-13)28-21(25-16)24-15-4-2-3-5-18(15)26/h6-9,11-12,15,18,26H,2-5,10H2,1H3,(H,22,27)(H,24,25)/t15-,18-/m1/s1. The fraction of sp³-hybridized carbons (Fsp3) is 0.381. The first-order valence-corrected chi connectivity index (χ1v) is 10.4. The van der Waals surface area contributed by atoms with Gasteiger partial charge in [0.1, 0.15) is 5.69 Å². The molecular weight excluding hydrogens is 372 g/mol. The van der Waals surface area contributed by atoms with E-state index in [0.29, 0.717) is 5.69 Å². The van der Waals surface area contributed by atoms with Crippen LogP contribution >= 0.6 is 11.3 Å². The van der Waals surface area contributed by atoms with Gasteiger partial charge < -0.3 is 15.7 Å². The van der Waals surface area contributed by atoms with Gasteiger partial charge in [-0.3, -0.25) is 9.78 Å². The number of pyridine rings is 1. The van der Waals surface area contributed by atoms with Crippen LogP contribution in [0, 0.1) is 0 Å². The number of anilines is 1. The van der Waals surface area contributed by atoms with Crippen molar-refractivity contribution in [3.05, 3.63) is 53.3 Å². The van der Waals surface area contributed by atoms with E-state index in [1.54, 1.807) is 24.6 Å². The molecule has 0 saturated heterocycles. The van der Waals surface area contributed by atoms with Gasteiger partial charge in [0.25, 0.3) is 5.91 Å². The average Bonchev–Trinajstić information content (AvgIpc) is 3.11. The highest BCUT2D eigenvalue weighted by Gasteiger charge is 2.23. The van der Waals surface area contributed by atoms with Crippen LogP contribution in [0.1, 0.15) is 47.3 Å². The first-order chi connectivity index (χ1) is 13.6. The van der Waals surface area contributed by atoms with Crippen molar-refractivity contribution in [1.82, 2.24) is 15.3 Å². The van der Waals surface area contributed by atoms with Gasteiger partial charge in [-0.2, -0.15) is 0 Å². The Morgan fingerprint density at radius 2 is 2.04 bits per heavy atom. The second-order valence-corrected chi connectivity index (χ2v) is 8.26. The van der Waals surface area contributed by atoms with Gasteiger partial charge in [0.05, 0.1) is 22.4 Å². The summed E-state index contributed by atoms with van der Waals surface area (Å²) >= 11 is 1.62. The van der Waals surface area contributed by atoms with Crippen molar-refractivity contribution < 1.29 is 9.90 Å². The predicted molar refractivity (Wildman–Crippen MR) is 112 cm³/mol. The molecule has 28 heavy (non-hydrogen) atoms. The fourth-order valence-corrected chi connectivity index (χ4v) is 4.64. The molecule has 1 amide bonds. The van der Waals surface area contributed by atoms with Crippen LogP contribution in [0.2, 0.25) is 0 Å². The Morgan fingerprint density at radius 3 is 2.86 bits per heavy atom. The molecule has 146 valence electrons. The van der Waals surface area contributed by atoms with Crippen LogP contribution in [-0.4, -0.2) is 40.2 Å². The lowest BCUT2D eigenvalue weighted by Gasteiger charge is -2.27.